The predicted molar refractivity (Wildman–Crippen MR) is 61.5 cm³/mol. The van der Waals surface area contributed by atoms with Gasteiger partial charge in [-0.1, -0.05) is 13.0 Å². The molecule has 1 aromatic rings. The molecule has 3 heteroatoms. The summed E-state index contributed by atoms with van der Waals surface area (Å²) in [5, 5.41) is 3.10. The number of ether oxygens (including phenoxy) is 2. The van der Waals surface area contributed by atoms with Gasteiger partial charge >= 0.3 is 0 Å². The van der Waals surface area contributed by atoms with Crippen LogP contribution in [0, 0.1) is 0 Å². The summed E-state index contributed by atoms with van der Waals surface area (Å²) in [4.78, 5) is 0. The zero-order chi connectivity index (χ0) is 11.1. The summed E-state index contributed by atoms with van der Waals surface area (Å²) < 4.78 is 10.8. The molecule has 15 heavy (non-hydrogen) atoms. The maximum absolute atomic E-state index is 5.53. The minimum absolute atomic E-state index is 0.745. The van der Waals surface area contributed by atoms with Crippen molar-refractivity contribution >= 4 is 0 Å². The van der Waals surface area contributed by atoms with Crippen LogP contribution in [0.25, 0.3) is 0 Å². The van der Waals surface area contributed by atoms with Gasteiger partial charge in [0.1, 0.15) is 11.5 Å². The van der Waals surface area contributed by atoms with E-state index < -0.39 is 0 Å². The number of benzene rings is 1. The van der Waals surface area contributed by atoms with Crippen molar-refractivity contribution in [2.75, 3.05) is 20.8 Å². The molecule has 0 saturated heterocycles. The fraction of sp³-hybridized carbons (Fsp3) is 0.500. The van der Waals surface area contributed by atoms with E-state index in [-0.39, 0.29) is 0 Å². The van der Waals surface area contributed by atoms with Crippen molar-refractivity contribution in [2.24, 2.45) is 0 Å². The second-order valence-electron chi connectivity index (χ2n) is 3.35. The zero-order valence-electron chi connectivity index (χ0n) is 9.67. The van der Waals surface area contributed by atoms with Crippen LogP contribution in [0.3, 0.4) is 0 Å². The van der Waals surface area contributed by atoms with E-state index in [2.05, 4.69) is 12.2 Å². The Labute approximate surface area is 91.4 Å². The highest BCUT2D eigenvalue weighted by atomic mass is 16.5. The quantitative estimate of drug-likeness (QED) is 0.779. The van der Waals surface area contributed by atoms with E-state index in [1.807, 2.05) is 25.2 Å². The Balaban J connectivity index is 2.77. The molecule has 0 aliphatic rings. The second kappa shape index (κ2) is 6.30. The molecular weight excluding hydrogens is 190 g/mol. The van der Waals surface area contributed by atoms with E-state index in [0.29, 0.717) is 0 Å². The first-order valence-corrected chi connectivity index (χ1v) is 5.26. The summed E-state index contributed by atoms with van der Waals surface area (Å²) in [6.07, 6.45) is 1.01. The highest BCUT2D eigenvalue weighted by Gasteiger charge is 2.03. The smallest absolute Gasteiger partial charge is 0.127 e. The fourth-order valence-corrected chi connectivity index (χ4v) is 1.37. The molecule has 0 spiro atoms. The summed E-state index contributed by atoms with van der Waals surface area (Å²) >= 11 is 0. The van der Waals surface area contributed by atoms with Crippen LogP contribution in [0.2, 0.25) is 0 Å². The highest BCUT2D eigenvalue weighted by molar-refractivity contribution is 5.40. The third-order valence-corrected chi connectivity index (χ3v) is 2.10. The van der Waals surface area contributed by atoms with Gasteiger partial charge in [-0.2, -0.15) is 0 Å². The SMILES string of the molecule is CCCOc1ccc(CNC)c(OC)c1. The van der Waals surface area contributed by atoms with Crippen molar-refractivity contribution in [3.05, 3.63) is 23.8 Å². The molecule has 0 aromatic heterocycles. The van der Waals surface area contributed by atoms with Crippen molar-refractivity contribution in [3.63, 3.8) is 0 Å². The third kappa shape index (κ3) is 3.44. The van der Waals surface area contributed by atoms with Gasteiger partial charge in [-0.3, -0.25) is 0 Å². The second-order valence-corrected chi connectivity index (χ2v) is 3.35. The molecule has 0 bridgehead atoms. The molecule has 1 aromatic carbocycles. The molecule has 0 aliphatic carbocycles. The molecule has 3 nitrogen and oxygen atoms in total. The van der Waals surface area contributed by atoms with Crippen molar-refractivity contribution in [1.82, 2.24) is 5.32 Å². The monoisotopic (exact) mass is 209 g/mol. The molecule has 0 radical (unpaired) electrons. The van der Waals surface area contributed by atoms with Crippen LogP contribution in [0.5, 0.6) is 11.5 Å². The van der Waals surface area contributed by atoms with Gasteiger partial charge in [0.15, 0.2) is 0 Å². The summed E-state index contributed by atoms with van der Waals surface area (Å²) in [6, 6.07) is 5.94. The molecule has 0 fully saturated rings. The number of methoxy groups -OCH3 is 1. The number of nitrogens with one attached hydrogen (secondary N) is 1. The lowest BCUT2D eigenvalue weighted by molar-refractivity contribution is 0.314. The summed E-state index contributed by atoms with van der Waals surface area (Å²) in [6.45, 7) is 3.64. The number of hydrogen-bond acceptors (Lipinski definition) is 3. The minimum atomic E-state index is 0.745. The van der Waals surface area contributed by atoms with E-state index >= 15 is 0 Å². The number of rotatable bonds is 6. The largest absolute Gasteiger partial charge is 0.496 e. The van der Waals surface area contributed by atoms with Crippen LogP contribution in [0.4, 0.5) is 0 Å². The molecule has 1 rings (SSSR count). The lowest BCUT2D eigenvalue weighted by Crippen LogP contribution is -2.06. The van der Waals surface area contributed by atoms with Crippen LogP contribution in [-0.2, 0) is 6.54 Å². The number of hydrogen-bond donors (Lipinski definition) is 1. The standard InChI is InChI=1S/C12H19NO2/c1-4-7-15-11-6-5-10(9-13-2)12(8-11)14-3/h5-6,8,13H,4,7,9H2,1-3H3. The topological polar surface area (TPSA) is 30.5 Å². The van der Waals surface area contributed by atoms with Crippen LogP contribution >= 0.6 is 0 Å². The fourth-order valence-electron chi connectivity index (χ4n) is 1.37. The molecule has 1 N–H and O–H groups in total. The lowest BCUT2D eigenvalue weighted by atomic mass is 10.2. The van der Waals surface area contributed by atoms with Gasteiger partial charge in [-0.15, -0.1) is 0 Å². The van der Waals surface area contributed by atoms with Crippen molar-refractivity contribution in [3.8, 4) is 11.5 Å². The summed E-state index contributed by atoms with van der Waals surface area (Å²) in [7, 11) is 3.60. The van der Waals surface area contributed by atoms with Crippen molar-refractivity contribution < 1.29 is 9.47 Å². The Kier molecular flexibility index (Phi) is 4.98. The molecule has 0 unspecified atom stereocenters. The molecule has 0 atom stereocenters. The predicted octanol–water partition coefficient (Wildman–Crippen LogP) is 2.20. The average molecular weight is 209 g/mol. The first kappa shape index (κ1) is 11.9. The van der Waals surface area contributed by atoms with Crippen LogP contribution in [0.15, 0.2) is 18.2 Å². The van der Waals surface area contributed by atoms with Crippen molar-refractivity contribution in [2.45, 2.75) is 19.9 Å². The van der Waals surface area contributed by atoms with Gasteiger partial charge in [0, 0.05) is 18.2 Å². The molecule has 0 heterocycles. The van der Waals surface area contributed by atoms with Gasteiger partial charge in [0.05, 0.1) is 13.7 Å². The maximum Gasteiger partial charge on any atom is 0.127 e. The average Bonchev–Trinajstić information content (AvgIpc) is 2.28. The van der Waals surface area contributed by atoms with Gasteiger partial charge < -0.3 is 14.8 Å². The molecular formula is C12H19NO2. The van der Waals surface area contributed by atoms with E-state index in [4.69, 9.17) is 9.47 Å². The van der Waals surface area contributed by atoms with Gasteiger partial charge in [0.2, 0.25) is 0 Å². The Morgan fingerprint density at radius 1 is 1.33 bits per heavy atom. The van der Waals surface area contributed by atoms with Crippen LogP contribution in [0.1, 0.15) is 18.9 Å². The van der Waals surface area contributed by atoms with Crippen molar-refractivity contribution in [1.29, 1.82) is 0 Å². The molecule has 0 aliphatic heterocycles. The Hall–Kier alpha value is -1.22. The van der Waals surface area contributed by atoms with E-state index in [1.54, 1.807) is 7.11 Å². The third-order valence-electron chi connectivity index (χ3n) is 2.10. The van der Waals surface area contributed by atoms with Crippen LogP contribution < -0.4 is 14.8 Å². The normalized spacial score (nSPS) is 10.1. The summed E-state index contributed by atoms with van der Waals surface area (Å²) in [5.41, 5.74) is 1.14. The van der Waals surface area contributed by atoms with E-state index in [1.165, 1.54) is 0 Å². The maximum atomic E-state index is 5.53. The highest BCUT2D eigenvalue weighted by Crippen LogP contribution is 2.24. The first-order valence-electron chi connectivity index (χ1n) is 5.26. The van der Waals surface area contributed by atoms with Gasteiger partial charge in [0.25, 0.3) is 0 Å². The Bertz CT molecular complexity index is 300. The first-order chi connectivity index (χ1) is 7.31. The Morgan fingerprint density at radius 2 is 2.13 bits per heavy atom. The lowest BCUT2D eigenvalue weighted by Gasteiger charge is -2.11. The molecule has 0 amide bonds. The van der Waals surface area contributed by atoms with E-state index in [0.717, 1.165) is 36.6 Å². The summed E-state index contributed by atoms with van der Waals surface area (Å²) in [5.74, 6) is 1.74. The van der Waals surface area contributed by atoms with Crippen LogP contribution in [-0.4, -0.2) is 20.8 Å². The van der Waals surface area contributed by atoms with Gasteiger partial charge in [-0.05, 0) is 19.5 Å². The molecule has 84 valence electrons. The van der Waals surface area contributed by atoms with E-state index in [9.17, 15) is 0 Å². The minimum Gasteiger partial charge on any atom is -0.496 e. The van der Waals surface area contributed by atoms with Gasteiger partial charge in [-0.25, -0.2) is 0 Å². The zero-order valence-corrected chi connectivity index (χ0v) is 9.67. The Morgan fingerprint density at radius 3 is 2.73 bits per heavy atom. The molecule has 0 saturated carbocycles.